The zero-order chi connectivity index (χ0) is 13.7. The van der Waals surface area contributed by atoms with Gasteiger partial charge in [-0.1, -0.05) is 31.5 Å². The van der Waals surface area contributed by atoms with Crippen LogP contribution in [-0.2, 0) is 6.42 Å². The molecular weight excluding hydrogens is 220 g/mol. The second-order valence-electron chi connectivity index (χ2n) is 5.76. The maximum absolute atomic E-state index is 5.72. The highest BCUT2D eigenvalue weighted by Crippen LogP contribution is 2.25. The molecule has 0 fully saturated rings. The van der Waals surface area contributed by atoms with Crippen LogP contribution in [0.4, 0.5) is 5.69 Å². The van der Waals surface area contributed by atoms with Gasteiger partial charge in [-0.3, -0.25) is 0 Å². The number of hydrogen-bond donors (Lipinski definition) is 1. The van der Waals surface area contributed by atoms with E-state index in [1.54, 1.807) is 0 Å². The van der Waals surface area contributed by atoms with Crippen LogP contribution in [0.5, 0.6) is 0 Å². The van der Waals surface area contributed by atoms with Gasteiger partial charge in [-0.2, -0.15) is 0 Å². The Hall–Kier alpha value is -1.02. The molecule has 0 amide bonds. The molecule has 1 aromatic carbocycles. The van der Waals surface area contributed by atoms with Crippen molar-refractivity contribution in [2.24, 2.45) is 11.7 Å². The second kappa shape index (κ2) is 6.79. The molecule has 18 heavy (non-hydrogen) atoms. The Morgan fingerprint density at radius 1 is 1.22 bits per heavy atom. The number of benzene rings is 1. The van der Waals surface area contributed by atoms with Crippen LogP contribution >= 0.6 is 0 Å². The van der Waals surface area contributed by atoms with Gasteiger partial charge < -0.3 is 10.6 Å². The number of nitrogens with two attached hydrogens (primary N) is 1. The molecule has 0 spiro atoms. The van der Waals surface area contributed by atoms with Crippen LogP contribution < -0.4 is 10.6 Å². The van der Waals surface area contributed by atoms with Gasteiger partial charge in [0.15, 0.2) is 0 Å². The quantitative estimate of drug-likeness (QED) is 0.836. The zero-order valence-electron chi connectivity index (χ0n) is 12.5. The molecular formula is C16H28N2. The number of rotatable bonds is 6. The van der Waals surface area contributed by atoms with E-state index in [9.17, 15) is 0 Å². The third kappa shape index (κ3) is 4.02. The Kier molecular flexibility index (Phi) is 5.67. The van der Waals surface area contributed by atoms with E-state index in [-0.39, 0.29) is 0 Å². The Labute approximate surface area is 112 Å². The summed E-state index contributed by atoms with van der Waals surface area (Å²) < 4.78 is 0. The van der Waals surface area contributed by atoms with E-state index in [2.05, 4.69) is 57.8 Å². The molecule has 0 aliphatic heterocycles. The Morgan fingerprint density at radius 3 is 2.44 bits per heavy atom. The highest BCUT2D eigenvalue weighted by atomic mass is 15.1. The first-order valence-corrected chi connectivity index (χ1v) is 6.98. The van der Waals surface area contributed by atoms with Gasteiger partial charge in [0.25, 0.3) is 0 Å². The molecule has 2 heteroatoms. The van der Waals surface area contributed by atoms with Crippen molar-refractivity contribution in [2.45, 2.75) is 46.6 Å². The van der Waals surface area contributed by atoms with E-state index < -0.39 is 0 Å². The normalized spacial score (nSPS) is 12.8. The predicted molar refractivity (Wildman–Crippen MR) is 81.3 cm³/mol. The fourth-order valence-electron chi connectivity index (χ4n) is 2.49. The van der Waals surface area contributed by atoms with Crippen LogP contribution in [0.3, 0.4) is 0 Å². The van der Waals surface area contributed by atoms with Crippen molar-refractivity contribution in [3.63, 3.8) is 0 Å². The molecule has 0 aliphatic carbocycles. The van der Waals surface area contributed by atoms with Crippen molar-refractivity contribution in [1.82, 2.24) is 0 Å². The van der Waals surface area contributed by atoms with Gasteiger partial charge in [0, 0.05) is 18.8 Å². The average Bonchev–Trinajstić information content (AvgIpc) is 2.28. The van der Waals surface area contributed by atoms with E-state index in [0.717, 1.165) is 12.3 Å². The molecule has 0 aliphatic rings. The minimum atomic E-state index is 0.559. The van der Waals surface area contributed by atoms with E-state index in [1.165, 1.54) is 23.2 Å². The van der Waals surface area contributed by atoms with Gasteiger partial charge in [0.05, 0.1) is 0 Å². The van der Waals surface area contributed by atoms with Gasteiger partial charge >= 0.3 is 0 Å². The maximum atomic E-state index is 5.72. The van der Waals surface area contributed by atoms with Crippen molar-refractivity contribution in [3.05, 3.63) is 29.3 Å². The number of aryl methyl sites for hydroxylation is 1. The van der Waals surface area contributed by atoms with E-state index in [1.807, 2.05) is 0 Å². The van der Waals surface area contributed by atoms with Gasteiger partial charge in [-0.15, -0.1) is 0 Å². The number of hydrogen-bond acceptors (Lipinski definition) is 2. The van der Waals surface area contributed by atoms with Crippen LogP contribution in [0.1, 0.15) is 38.3 Å². The molecule has 0 saturated carbocycles. The molecule has 1 aromatic rings. The molecule has 0 aromatic heterocycles. The van der Waals surface area contributed by atoms with Gasteiger partial charge in [0.2, 0.25) is 0 Å². The Morgan fingerprint density at radius 2 is 1.89 bits per heavy atom. The van der Waals surface area contributed by atoms with E-state index in [0.29, 0.717) is 12.6 Å². The molecule has 2 N–H and O–H groups in total. The highest BCUT2D eigenvalue weighted by Gasteiger charge is 2.14. The highest BCUT2D eigenvalue weighted by molar-refractivity contribution is 5.55. The minimum Gasteiger partial charge on any atom is -0.372 e. The smallest absolute Gasteiger partial charge is 0.0399 e. The Bertz CT molecular complexity index is 371. The average molecular weight is 248 g/mol. The minimum absolute atomic E-state index is 0.559. The fourth-order valence-corrected chi connectivity index (χ4v) is 2.49. The first-order valence-electron chi connectivity index (χ1n) is 6.98. The lowest BCUT2D eigenvalue weighted by atomic mass is 10.0. The van der Waals surface area contributed by atoms with Gasteiger partial charge in [0.1, 0.15) is 0 Å². The van der Waals surface area contributed by atoms with Crippen molar-refractivity contribution >= 4 is 5.69 Å². The number of anilines is 1. The van der Waals surface area contributed by atoms with E-state index >= 15 is 0 Å². The van der Waals surface area contributed by atoms with Crippen molar-refractivity contribution in [3.8, 4) is 0 Å². The summed E-state index contributed by atoms with van der Waals surface area (Å²) in [6, 6.07) is 7.25. The van der Waals surface area contributed by atoms with Crippen LogP contribution in [-0.4, -0.2) is 19.6 Å². The third-order valence-electron chi connectivity index (χ3n) is 3.50. The first kappa shape index (κ1) is 15.0. The van der Waals surface area contributed by atoms with Crippen LogP contribution in [0.25, 0.3) is 0 Å². The lowest BCUT2D eigenvalue weighted by molar-refractivity contribution is 0.503. The topological polar surface area (TPSA) is 29.3 Å². The first-order chi connectivity index (χ1) is 8.45. The largest absolute Gasteiger partial charge is 0.372 e. The van der Waals surface area contributed by atoms with Crippen LogP contribution in [0, 0.1) is 12.8 Å². The fraction of sp³-hybridized carbons (Fsp3) is 0.625. The maximum Gasteiger partial charge on any atom is 0.0399 e. The molecule has 2 nitrogen and oxygen atoms in total. The van der Waals surface area contributed by atoms with Crippen LogP contribution in [0.2, 0.25) is 0 Å². The zero-order valence-corrected chi connectivity index (χ0v) is 12.5. The predicted octanol–water partition coefficient (Wildman–Crippen LogP) is 3.37. The summed E-state index contributed by atoms with van der Waals surface area (Å²) in [6.45, 7) is 9.71. The van der Waals surface area contributed by atoms with Crippen molar-refractivity contribution in [2.75, 3.05) is 18.5 Å². The van der Waals surface area contributed by atoms with Crippen LogP contribution in [0.15, 0.2) is 18.2 Å². The molecule has 0 saturated heterocycles. The molecule has 1 unspecified atom stereocenters. The van der Waals surface area contributed by atoms with Crippen molar-refractivity contribution < 1.29 is 0 Å². The number of nitrogens with zero attached hydrogens (tertiary/aromatic N) is 1. The summed E-state index contributed by atoms with van der Waals surface area (Å²) >= 11 is 0. The van der Waals surface area contributed by atoms with Gasteiger partial charge in [-0.05, 0) is 50.8 Å². The lowest BCUT2D eigenvalue weighted by Crippen LogP contribution is -2.31. The van der Waals surface area contributed by atoms with E-state index in [4.69, 9.17) is 5.73 Å². The molecule has 0 heterocycles. The summed E-state index contributed by atoms with van der Waals surface area (Å²) in [7, 11) is 2.19. The summed E-state index contributed by atoms with van der Waals surface area (Å²) in [5, 5.41) is 0. The summed E-state index contributed by atoms with van der Waals surface area (Å²) in [6.07, 6.45) is 2.17. The monoisotopic (exact) mass is 248 g/mol. The SMILES string of the molecule is Cc1ccc(N(C)C(C)CC(C)C)c(CCN)c1. The lowest BCUT2D eigenvalue weighted by Gasteiger charge is -2.30. The van der Waals surface area contributed by atoms with Crippen molar-refractivity contribution in [1.29, 1.82) is 0 Å². The Balaban J connectivity index is 2.93. The molecule has 0 bridgehead atoms. The second-order valence-corrected chi connectivity index (χ2v) is 5.76. The standard InChI is InChI=1S/C16H28N2/c1-12(2)10-14(4)18(5)16-7-6-13(3)11-15(16)8-9-17/h6-7,11-12,14H,8-10,17H2,1-5H3. The summed E-state index contributed by atoms with van der Waals surface area (Å²) in [5.41, 5.74) is 9.73. The molecule has 1 atom stereocenters. The summed E-state index contributed by atoms with van der Waals surface area (Å²) in [4.78, 5) is 2.39. The third-order valence-corrected chi connectivity index (χ3v) is 3.50. The molecule has 1 rings (SSSR count). The molecule has 102 valence electrons. The van der Waals surface area contributed by atoms with Gasteiger partial charge in [-0.25, -0.2) is 0 Å². The summed E-state index contributed by atoms with van der Waals surface area (Å²) in [5.74, 6) is 0.728. The molecule has 0 radical (unpaired) electrons.